The molecule has 2 aromatic rings. The van der Waals surface area contributed by atoms with E-state index in [1.54, 1.807) is 13.8 Å². The van der Waals surface area contributed by atoms with E-state index in [0.717, 1.165) is 0 Å². The molecule has 1 heterocycles. The second-order valence-electron chi connectivity index (χ2n) is 4.20. The van der Waals surface area contributed by atoms with Gasteiger partial charge in [0, 0.05) is 0 Å². The molecule has 0 aliphatic rings. The molecule has 0 fully saturated rings. The van der Waals surface area contributed by atoms with Crippen LogP contribution in [0.1, 0.15) is 12.7 Å². The van der Waals surface area contributed by atoms with E-state index in [0.29, 0.717) is 31.7 Å². The largest absolute Gasteiger partial charge is 0.324 e. The molecule has 0 bridgehead atoms. The maximum absolute atomic E-state index is 12.1. The van der Waals surface area contributed by atoms with Crippen LogP contribution in [0.15, 0.2) is 17.3 Å². The Morgan fingerprint density at radius 2 is 1.95 bits per heavy atom. The van der Waals surface area contributed by atoms with Gasteiger partial charge in [0.1, 0.15) is 5.82 Å². The normalized spacial score (nSPS) is 12.2. The van der Waals surface area contributed by atoms with Crippen molar-refractivity contribution in [2.24, 2.45) is 0 Å². The molecular formula is C12H11Cl3N4OS. The van der Waals surface area contributed by atoms with Crippen molar-refractivity contribution < 1.29 is 4.79 Å². The van der Waals surface area contributed by atoms with E-state index < -0.39 is 5.25 Å². The Morgan fingerprint density at radius 3 is 2.57 bits per heavy atom. The lowest BCUT2D eigenvalue weighted by Gasteiger charge is -2.12. The fraction of sp³-hybridized carbons (Fsp3) is 0.250. The molecule has 0 aliphatic carbocycles. The van der Waals surface area contributed by atoms with Gasteiger partial charge >= 0.3 is 0 Å². The fourth-order valence-electron chi connectivity index (χ4n) is 1.44. The Labute approximate surface area is 140 Å². The molecule has 112 valence electrons. The predicted octanol–water partition coefficient (Wildman–Crippen LogP) is 4.19. The Kier molecular flexibility index (Phi) is 5.37. The van der Waals surface area contributed by atoms with Crippen LogP contribution in [0.5, 0.6) is 0 Å². The van der Waals surface area contributed by atoms with Gasteiger partial charge in [-0.1, -0.05) is 46.6 Å². The summed E-state index contributed by atoms with van der Waals surface area (Å²) in [4.78, 5) is 16.3. The first kappa shape index (κ1) is 16.4. The fourth-order valence-corrected chi connectivity index (χ4v) is 2.80. The van der Waals surface area contributed by atoms with Crippen LogP contribution in [0.4, 0.5) is 5.69 Å². The zero-order chi connectivity index (χ0) is 15.6. The zero-order valence-corrected chi connectivity index (χ0v) is 14.2. The van der Waals surface area contributed by atoms with Gasteiger partial charge in [0.2, 0.25) is 11.1 Å². The third-order valence-corrected chi connectivity index (χ3v) is 4.49. The first-order valence-corrected chi connectivity index (χ1v) is 7.89. The van der Waals surface area contributed by atoms with Gasteiger partial charge in [-0.2, -0.15) is 0 Å². The van der Waals surface area contributed by atoms with Crippen LogP contribution in [0.3, 0.4) is 0 Å². The summed E-state index contributed by atoms with van der Waals surface area (Å²) in [7, 11) is 0. The average Bonchev–Trinajstić information content (AvgIpc) is 2.81. The summed E-state index contributed by atoms with van der Waals surface area (Å²) in [5.41, 5.74) is 0.412. The van der Waals surface area contributed by atoms with E-state index in [9.17, 15) is 4.79 Å². The molecule has 1 aromatic carbocycles. The van der Waals surface area contributed by atoms with E-state index >= 15 is 0 Å². The minimum absolute atomic E-state index is 0.234. The number of amides is 1. The quantitative estimate of drug-likeness (QED) is 0.629. The van der Waals surface area contributed by atoms with E-state index in [1.807, 2.05) is 0 Å². The number of anilines is 1. The van der Waals surface area contributed by atoms with E-state index in [4.69, 9.17) is 34.8 Å². The first-order valence-electron chi connectivity index (χ1n) is 5.88. The second kappa shape index (κ2) is 6.87. The van der Waals surface area contributed by atoms with Crippen LogP contribution in [0.2, 0.25) is 15.1 Å². The maximum Gasteiger partial charge on any atom is 0.237 e. The lowest BCUT2D eigenvalue weighted by molar-refractivity contribution is -0.115. The predicted molar refractivity (Wildman–Crippen MR) is 86.5 cm³/mol. The Balaban J connectivity index is 2.05. The van der Waals surface area contributed by atoms with E-state index in [2.05, 4.69) is 20.5 Å². The van der Waals surface area contributed by atoms with Gasteiger partial charge in [-0.05, 0) is 26.0 Å². The molecule has 2 rings (SSSR count). The van der Waals surface area contributed by atoms with Crippen molar-refractivity contribution in [3.8, 4) is 0 Å². The van der Waals surface area contributed by atoms with Gasteiger partial charge in [-0.25, -0.2) is 4.98 Å². The molecule has 0 saturated carbocycles. The summed E-state index contributed by atoms with van der Waals surface area (Å²) in [6.07, 6.45) is 0. The topological polar surface area (TPSA) is 70.7 Å². The SMILES string of the molecule is Cc1nc(SC(C)C(=O)Nc2cc(Cl)c(Cl)cc2Cl)n[nH]1. The summed E-state index contributed by atoms with van der Waals surface area (Å²) in [5.74, 6) is 0.459. The Morgan fingerprint density at radius 1 is 1.29 bits per heavy atom. The summed E-state index contributed by atoms with van der Waals surface area (Å²) >= 11 is 19.0. The maximum atomic E-state index is 12.1. The molecular weight excluding hydrogens is 355 g/mol. The van der Waals surface area contributed by atoms with Crippen molar-refractivity contribution in [2.45, 2.75) is 24.3 Å². The van der Waals surface area contributed by atoms with Gasteiger partial charge in [0.05, 0.1) is 26.0 Å². The summed E-state index contributed by atoms with van der Waals surface area (Å²) in [5, 5.41) is 10.5. The van der Waals surface area contributed by atoms with Crippen LogP contribution >= 0.6 is 46.6 Å². The third kappa shape index (κ3) is 4.26. The molecule has 21 heavy (non-hydrogen) atoms. The molecule has 1 atom stereocenters. The molecule has 5 nitrogen and oxygen atoms in total. The number of rotatable bonds is 4. The average molecular weight is 366 g/mol. The monoisotopic (exact) mass is 364 g/mol. The lowest BCUT2D eigenvalue weighted by atomic mass is 10.3. The second-order valence-corrected chi connectivity index (χ2v) is 6.73. The van der Waals surface area contributed by atoms with Crippen LogP contribution in [-0.2, 0) is 4.79 Å². The molecule has 1 amide bonds. The summed E-state index contributed by atoms with van der Waals surface area (Å²) < 4.78 is 0. The van der Waals surface area contributed by atoms with Crippen molar-refractivity contribution in [3.05, 3.63) is 33.0 Å². The number of nitrogens with one attached hydrogen (secondary N) is 2. The lowest BCUT2D eigenvalue weighted by Crippen LogP contribution is -2.22. The Bertz CT molecular complexity index is 677. The highest BCUT2D eigenvalue weighted by molar-refractivity contribution is 8.00. The van der Waals surface area contributed by atoms with Crippen molar-refractivity contribution in [1.82, 2.24) is 15.2 Å². The number of carbonyl (C=O) groups is 1. The number of aromatic amines is 1. The van der Waals surface area contributed by atoms with E-state index in [1.165, 1.54) is 23.9 Å². The van der Waals surface area contributed by atoms with Crippen molar-refractivity contribution in [3.63, 3.8) is 0 Å². The van der Waals surface area contributed by atoms with Crippen molar-refractivity contribution in [1.29, 1.82) is 0 Å². The number of hydrogen-bond donors (Lipinski definition) is 2. The van der Waals surface area contributed by atoms with Crippen molar-refractivity contribution in [2.75, 3.05) is 5.32 Å². The number of thioether (sulfide) groups is 1. The summed E-state index contributed by atoms with van der Waals surface area (Å²) in [6, 6.07) is 3.00. The van der Waals surface area contributed by atoms with Gasteiger partial charge in [0.15, 0.2) is 0 Å². The highest BCUT2D eigenvalue weighted by Gasteiger charge is 2.18. The molecule has 0 aliphatic heterocycles. The van der Waals surface area contributed by atoms with Crippen molar-refractivity contribution >= 4 is 58.2 Å². The number of halogens is 3. The summed E-state index contributed by atoms with van der Waals surface area (Å²) in [6.45, 7) is 3.54. The molecule has 0 radical (unpaired) electrons. The molecule has 9 heteroatoms. The highest BCUT2D eigenvalue weighted by atomic mass is 35.5. The first-order chi connectivity index (χ1) is 9.86. The van der Waals surface area contributed by atoms with Crippen LogP contribution in [-0.4, -0.2) is 26.3 Å². The van der Waals surface area contributed by atoms with Crippen LogP contribution < -0.4 is 5.32 Å². The molecule has 1 unspecified atom stereocenters. The number of benzene rings is 1. The third-order valence-electron chi connectivity index (χ3n) is 2.50. The minimum atomic E-state index is -0.397. The zero-order valence-electron chi connectivity index (χ0n) is 11.1. The number of aryl methyl sites for hydroxylation is 1. The number of nitrogens with zero attached hydrogens (tertiary/aromatic N) is 2. The van der Waals surface area contributed by atoms with Gasteiger partial charge in [0.25, 0.3) is 0 Å². The number of carbonyl (C=O) groups excluding carboxylic acids is 1. The number of H-pyrrole nitrogens is 1. The molecule has 0 saturated heterocycles. The smallest absolute Gasteiger partial charge is 0.237 e. The standard InChI is InChI=1S/C12H11Cl3N4OS/c1-5(21-12-16-6(2)18-19-12)11(20)17-10-4-8(14)7(13)3-9(10)15/h3-5H,1-2H3,(H,17,20)(H,16,18,19). The molecule has 1 aromatic heterocycles. The van der Waals surface area contributed by atoms with Gasteiger partial charge in [-0.3, -0.25) is 9.89 Å². The highest BCUT2D eigenvalue weighted by Crippen LogP contribution is 2.32. The molecule has 2 N–H and O–H groups in total. The Hall–Kier alpha value is -0.950. The van der Waals surface area contributed by atoms with E-state index in [-0.39, 0.29) is 5.91 Å². The van der Waals surface area contributed by atoms with Gasteiger partial charge in [-0.15, -0.1) is 5.10 Å². The molecule has 0 spiro atoms. The van der Waals surface area contributed by atoms with Gasteiger partial charge < -0.3 is 5.32 Å². The van der Waals surface area contributed by atoms with Crippen LogP contribution in [0.25, 0.3) is 0 Å². The number of aromatic nitrogens is 3. The minimum Gasteiger partial charge on any atom is -0.324 e. The van der Waals surface area contributed by atoms with Crippen LogP contribution in [0, 0.1) is 6.92 Å². The number of hydrogen-bond acceptors (Lipinski definition) is 4.